The third kappa shape index (κ3) is 3.81. The maximum absolute atomic E-state index is 12.7. The molecule has 0 spiro atoms. The van der Waals surface area contributed by atoms with Gasteiger partial charge in [-0.3, -0.25) is 9.59 Å². The average molecular weight is 364 g/mol. The predicted molar refractivity (Wildman–Crippen MR) is 98.4 cm³/mol. The lowest BCUT2D eigenvalue weighted by atomic mass is 10.1. The second kappa shape index (κ2) is 6.70. The molecule has 1 atom stereocenters. The van der Waals surface area contributed by atoms with Gasteiger partial charge in [-0.1, -0.05) is 0 Å². The van der Waals surface area contributed by atoms with Crippen LogP contribution in [0.5, 0.6) is 0 Å². The summed E-state index contributed by atoms with van der Waals surface area (Å²) in [5, 5.41) is 2.86. The van der Waals surface area contributed by atoms with E-state index in [1.807, 2.05) is 31.7 Å². The summed E-state index contributed by atoms with van der Waals surface area (Å²) < 4.78 is -0.472. The Hall–Kier alpha value is -2.03. The number of carbonyl (C=O) groups excluding carboxylic acids is 2. The van der Waals surface area contributed by atoms with E-state index in [1.165, 1.54) is 11.8 Å². The summed E-state index contributed by atoms with van der Waals surface area (Å²) in [5.41, 5.74) is 6.54. The molecule has 8 nitrogen and oxygen atoms in total. The van der Waals surface area contributed by atoms with Crippen LogP contribution < -0.4 is 16.0 Å². The average Bonchev–Trinajstić information content (AvgIpc) is 2.56. The van der Waals surface area contributed by atoms with E-state index in [-0.39, 0.29) is 17.8 Å². The molecule has 1 aromatic heterocycles. The number of nitrogens with zero attached hydrogens (tertiary/aromatic N) is 4. The van der Waals surface area contributed by atoms with Gasteiger partial charge in [-0.15, -0.1) is 11.8 Å². The molecule has 0 bridgehead atoms. The van der Waals surface area contributed by atoms with Crippen molar-refractivity contribution in [3.63, 3.8) is 0 Å². The minimum Gasteiger partial charge on any atom is -0.368 e. The van der Waals surface area contributed by atoms with Crippen molar-refractivity contribution >= 4 is 35.3 Å². The first kappa shape index (κ1) is 17.8. The van der Waals surface area contributed by atoms with E-state index in [4.69, 9.17) is 5.73 Å². The molecule has 2 amide bonds. The summed E-state index contributed by atoms with van der Waals surface area (Å²) in [4.78, 5) is 37.1. The highest BCUT2D eigenvalue weighted by Gasteiger charge is 2.39. The lowest BCUT2D eigenvalue weighted by Crippen LogP contribution is -2.60. The smallest absolute Gasteiger partial charge is 0.246 e. The molecule has 1 unspecified atom stereocenters. The highest BCUT2D eigenvalue weighted by Crippen LogP contribution is 2.29. The molecule has 0 saturated carbocycles. The van der Waals surface area contributed by atoms with E-state index in [2.05, 4.69) is 20.2 Å². The number of nitrogens with two attached hydrogens (primary N) is 1. The number of aromatic nitrogens is 2. The Balaban J connectivity index is 1.59. The Morgan fingerprint density at radius 3 is 2.60 bits per heavy atom. The zero-order chi connectivity index (χ0) is 18.2. The minimum absolute atomic E-state index is 0.00520. The topological polar surface area (TPSA) is 104 Å². The molecule has 2 aliphatic rings. The number of piperazine rings is 1. The van der Waals surface area contributed by atoms with E-state index in [1.54, 1.807) is 0 Å². The first-order valence-electron chi connectivity index (χ1n) is 8.36. The Bertz CT molecular complexity index is 667. The molecular formula is C16H24N6O2S. The van der Waals surface area contributed by atoms with Crippen molar-refractivity contribution in [1.82, 2.24) is 20.2 Å². The lowest BCUT2D eigenvalue weighted by Gasteiger charge is -2.39. The zero-order valence-electron chi connectivity index (χ0n) is 14.8. The summed E-state index contributed by atoms with van der Waals surface area (Å²) in [6.45, 7) is 8.20. The van der Waals surface area contributed by atoms with Crippen LogP contribution >= 0.6 is 11.8 Å². The number of amides is 2. The van der Waals surface area contributed by atoms with E-state index < -0.39 is 10.8 Å². The van der Waals surface area contributed by atoms with Crippen LogP contribution in [0.3, 0.4) is 0 Å². The van der Waals surface area contributed by atoms with Gasteiger partial charge in [-0.05, 0) is 20.8 Å². The van der Waals surface area contributed by atoms with Crippen molar-refractivity contribution in [3.05, 3.63) is 11.8 Å². The fourth-order valence-electron chi connectivity index (χ4n) is 2.98. The molecule has 2 aliphatic heterocycles. The minimum atomic E-state index is -0.472. The molecule has 25 heavy (non-hydrogen) atoms. The number of carbonyl (C=O) groups is 2. The standard InChI is InChI=1S/C16H24N6O2S/c1-10-8-12(20-15(17)18-10)21-4-6-22(7-5-21)13(23)11-9-25-16(2,3)14(24)19-11/h8,11H,4-7,9H2,1-3H3,(H,19,24)(H2,17,18,20). The fraction of sp³-hybridized carbons (Fsp3) is 0.625. The fourth-order valence-corrected chi connectivity index (χ4v) is 3.98. The van der Waals surface area contributed by atoms with Crippen molar-refractivity contribution in [2.75, 3.05) is 42.6 Å². The monoisotopic (exact) mass is 364 g/mol. The number of nitrogen functional groups attached to an aromatic ring is 1. The molecule has 3 rings (SSSR count). The third-order valence-corrected chi connectivity index (χ3v) is 5.94. The predicted octanol–water partition coefficient (Wildman–Crippen LogP) is 0.0260. The highest BCUT2D eigenvalue weighted by molar-refractivity contribution is 8.01. The van der Waals surface area contributed by atoms with Crippen molar-refractivity contribution < 1.29 is 9.59 Å². The number of anilines is 2. The van der Waals surface area contributed by atoms with Crippen molar-refractivity contribution in [1.29, 1.82) is 0 Å². The summed E-state index contributed by atoms with van der Waals surface area (Å²) in [7, 11) is 0. The third-order valence-electron chi connectivity index (χ3n) is 4.53. The van der Waals surface area contributed by atoms with E-state index in [0.29, 0.717) is 31.9 Å². The van der Waals surface area contributed by atoms with Crippen LogP contribution in [0.4, 0.5) is 11.8 Å². The molecule has 1 aromatic rings. The van der Waals surface area contributed by atoms with Crippen LogP contribution in [0.25, 0.3) is 0 Å². The van der Waals surface area contributed by atoms with Crippen molar-refractivity contribution in [2.45, 2.75) is 31.6 Å². The summed E-state index contributed by atoms with van der Waals surface area (Å²) >= 11 is 1.53. The van der Waals surface area contributed by atoms with Crippen LogP contribution in [-0.2, 0) is 9.59 Å². The summed E-state index contributed by atoms with van der Waals surface area (Å²) in [5.74, 6) is 1.58. The molecule has 2 saturated heterocycles. The zero-order valence-corrected chi connectivity index (χ0v) is 15.6. The Labute approximate surface area is 151 Å². The van der Waals surface area contributed by atoms with Gasteiger partial charge in [-0.2, -0.15) is 4.98 Å². The van der Waals surface area contributed by atoms with Gasteiger partial charge in [0.2, 0.25) is 17.8 Å². The van der Waals surface area contributed by atoms with Gasteiger partial charge in [0, 0.05) is 43.7 Å². The number of hydrogen-bond donors (Lipinski definition) is 2. The SMILES string of the molecule is Cc1cc(N2CCN(C(=O)C3CSC(C)(C)C(=O)N3)CC2)nc(N)n1. The maximum atomic E-state index is 12.7. The summed E-state index contributed by atoms with van der Waals surface area (Å²) in [6.07, 6.45) is 0. The van der Waals surface area contributed by atoms with Crippen LogP contribution in [0.2, 0.25) is 0 Å². The summed E-state index contributed by atoms with van der Waals surface area (Å²) in [6, 6.07) is 1.46. The number of aryl methyl sites for hydroxylation is 1. The van der Waals surface area contributed by atoms with Crippen LogP contribution in [0, 0.1) is 6.92 Å². The van der Waals surface area contributed by atoms with Crippen molar-refractivity contribution in [3.8, 4) is 0 Å². The molecular weight excluding hydrogens is 340 g/mol. The van der Waals surface area contributed by atoms with Gasteiger partial charge in [0.25, 0.3) is 0 Å². The number of rotatable bonds is 2. The normalized spacial score (nSPS) is 23.3. The molecule has 0 aliphatic carbocycles. The van der Waals surface area contributed by atoms with E-state index in [0.717, 1.165) is 11.5 Å². The Morgan fingerprint density at radius 2 is 2.00 bits per heavy atom. The van der Waals surface area contributed by atoms with Gasteiger partial charge < -0.3 is 20.9 Å². The molecule has 0 aromatic carbocycles. The molecule has 9 heteroatoms. The second-order valence-corrected chi connectivity index (χ2v) is 8.53. The Kier molecular flexibility index (Phi) is 4.77. The van der Waals surface area contributed by atoms with E-state index >= 15 is 0 Å². The number of thioether (sulfide) groups is 1. The van der Waals surface area contributed by atoms with Crippen LogP contribution in [0.15, 0.2) is 6.07 Å². The van der Waals surface area contributed by atoms with Gasteiger partial charge in [0.1, 0.15) is 11.9 Å². The molecule has 0 radical (unpaired) electrons. The molecule has 136 valence electrons. The van der Waals surface area contributed by atoms with E-state index in [9.17, 15) is 9.59 Å². The largest absolute Gasteiger partial charge is 0.368 e. The number of hydrogen-bond acceptors (Lipinski definition) is 7. The maximum Gasteiger partial charge on any atom is 0.246 e. The quantitative estimate of drug-likeness (QED) is 0.763. The first-order chi connectivity index (χ1) is 11.8. The Morgan fingerprint density at radius 1 is 1.32 bits per heavy atom. The molecule has 2 fully saturated rings. The number of nitrogens with one attached hydrogen (secondary N) is 1. The molecule has 3 N–H and O–H groups in total. The van der Waals surface area contributed by atoms with Gasteiger partial charge in [0.05, 0.1) is 4.75 Å². The first-order valence-corrected chi connectivity index (χ1v) is 9.34. The van der Waals surface area contributed by atoms with Crippen LogP contribution in [0.1, 0.15) is 19.5 Å². The van der Waals surface area contributed by atoms with Crippen LogP contribution in [-0.4, -0.2) is 69.4 Å². The van der Waals surface area contributed by atoms with Crippen molar-refractivity contribution in [2.24, 2.45) is 0 Å². The van der Waals surface area contributed by atoms with Gasteiger partial charge in [0.15, 0.2) is 0 Å². The van der Waals surface area contributed by atoms with Gasteiger partial charge in [-0.25, -0.2) is 4.98 Å². The lowest BCUT2D eigenvalue weighted by molar-refractivity contribution is -0.136. The highest BCUT2D eigenvalue weighted by atomic mass is 32.2. The molecule has 3 heterocycles. The van der Waals surface area contributed by atoms with Gasteiger partial charge >= 0.3 is 0 Å². The second-order valence-electron chi connectivity index (χ2n) is 6.89.